The van der Waals surface area contributed by atoms with Gasteiger partial charge in [0.1, 0.15) is 10.7 Å². The summed E-state index contributed by atoms with van der Waals surface area (Å²) in [5, 5.41) is 3.05. The molecule has 0 aliphatic carbocycles. The molecule has 0 bridgehead atoms. The van der Waals surface area contributed by atoms with Crippen molar-refractivity contribution >= 4 is 38.9 Å². The maximum absolute atomic E-state index is 14.5. The number of sulfonamides is 1. The molecule has 3 aromatic rings. The zero-order valence-electron chi connectivity index (χ0n) is 15.5. The molecule has 0 spiro atoms. The Bertz CT molecular complexity index is 1140. The van der Waals surface area contributed by atoms with E-state index in [-0.39, 0.29) is 12.1 Å². The van der Waals surface area contributed by atoms with E-state index in [2.05, 4.69) is 5.32 Å². The fourth-order valence-corrected chi connectivity index (χ4v) is 4.57. The SMILES string of the molecule is CCN(c1ccccc1)S(=O)(=O)c1cc(C(=O)Nc2cccc(Cl)c2)ccc1F. The molecule has 29 heavy (non-hydrogen) atoms. The number of para-hydroxylation sites is 1. The Morgan fingerprint density at radius 2 is 1.76 bits per heavy atom. The van der Waals surface area contributed by atoms with E-state index in [1.54, 1.807) is 61.5 Å². The van der Waals surface area contributed by atoms with Gasteiger partial charge in [0, 0.05) is 22.8 Å². The summed E-state index contributed by atoms with van der Waals surface area (Å²) < 4.78 is 41.8. The van der Waals surface area contributed by atoms with Crippen molar-refractivity contribution in [2.45, 2.75) is 11.8 Å². The van der Waals surface area contributed by atoms with E-state index in [1.165, 1.54) is 6.07 Å². The second kappa shape index (κ2) is 8.63. The van der Waals surface area contributed by atoms with E-state index >= 15 is 0 Å². The smallest absolute Gasteiger partial charge is 0.267 e. The van der Waals surface area contributed by atoms with E-state index in [0.717, 1.165) is 16.4 Å². The Kier molecular flexibility index (Phi) is 6.20. The van der Waals surface area contributed by atoms with Crippen molar-refractivity contribution in [3.63, 3.8) is 0 Å². The average molecular weight is 433 g/mol. The molecule has 0 heterocycles. The molecule has 3 aromatic carbocycles. The van der Waals surface area contributed by atoms with Crippen molar-refractivity contribution < 1.29 is 17.6 Å². The summed E-state index contributed by atoms with van der Waals surface area (Å²) in [5.74, 6) is -1.51. The van der Waals surface area contributed by atoms with Crippen molar-refractivity contribution in [3.05, 3.63) is 89.2 Å². The van der Waals surface area contributed by atoms with E-state index in [9.17, 15) is 17.6 Å². The van der Waals surface area contributed by atoms with Crippen molar-refractivity contribution in [2.24, 2.45) is 0 Å². The zero-order chi connectivity index (χ0) is 21.0. The molecule has 150 valence electrons. The van der Waals surface area contributed by atoms with Crippen LogP contribution in [0.5, 0.6) is 0 Å². The van der Waals surface area contributed by atoms with Gasteiger partial charge in [0.25, 0.3) is 15.9 Å². The largest absolute Gasteiger partial charge is 0.322 e. The minimum absolute atomic E-state index is 0.00839. The molecular weight excluding hydrogens is 415 g/mol. The summed E-state index contributed by atoms with van der Waals surface area (Å²) in [4.78, 5) is 12.0. The Hall–Kier alpha value is -2.90. The van der Waals surface area contributed by atoms with Gasteiger partial charge in [-0.25, -0.2) is 12.8 Å². The van der Waals surface area contributed by atoms with Crippen molar-refractivity contribution in [2.75, 3.05) is 16.2 Å². The molecule has 1 amide bonds. The Morgan fingerprint density at radius 3 is 2.41 bits per heavy atom. The van der Waals surface area contributed by atoms with Gasteiger partial charge in [-0.2, -0.15) is 0 Å². The lowest BCUT2D eigenvalue weighted by Crippen LogP contribution is -2.31. The fourth-order valence-electron chi connectivity index (χ4n) is 2.82. The molecule has 0 fully saturated rings. The minimum Gasteiger partial charge on any atom is -0.322 e. The van der Waals surface area contributed by atoms with Gasteiger partial charge in [0.2, 0.25) is 0 Å². The predicted octanol–water partition coefficient (Wildman–Crippen LogP) is 4.95. The van der Waals surface area contributed by atoms with Gasteiger partial charge in [-0.05, 0) is 55.5 Å². The minimum atomic E-state index is -4.21. The maximum atomic E-state index is 14.5. The van der Waals surface area contributed by atoms with Crippen molar-refractivity contribution in [3.8, 4) is 0 Å². The molecule has 8 heteroatoms. The van der Waals surface area contributed by atoms with Crippen LogP contribution >= 0.6 is 11.6 Å². The predicted molar refractivity (Wildman–Crippen MR) is 112 cm³/mol. The summed E-state index contributed by atoms with van der Waals surface area (Å²) in [6, 6.07) is 18.1. The van der Waals surface area contributed by atoms with Crippen LogP contribution in [0.1, 0.15) is 17.3 Å². The highest BCUT2D eigenvalue weighted by molar-refractivity contribution is 7.92. The van der Waals surface area contributed by atoms with Gasteiger partial charge in [0.05, 0.1) is 5.69 Å². The molecule has 0 radical (unpaired) electrons. The van der Waals surface area contributed by atoms with Gasteiger partial charge in [-0.1, -0.05) is 35.9 Å². The van der Waals surface area contributed by atoms with Gasteiger partial charge in [-0.15, -0.1) is 0 Å². The highest BCUT2D eigenvalue weighted by Gasteiger charge is 2.28. The van der Waals surface area contributed by atoms with E-state index in [4.69, 9.17) is 11.6 Å². The third-order valence-electron chi connectivity index (χ3n) is 4.18. The molecule has 0 aliphatic heterocycles. The summed E-state index contributed by atoms with van der Waals surface area (Å²) in [5.41, 5.74) is 0.855. The maximum Gasteiger partial charge on any atom is 0.267 e. The molecule has 0 atom stereocenters. The van der Waals surface area contributed by atoms with Crippen LogP contribution in [0.3, 0.4) is 0 Å². The number of hydrogen-bond acceptors (Lipinski definition) is 3. The quantitative estimate of drug-likeness (QED) is 0.599. The first kappa shape index (κ1) is 20.8. The van der Waals surface area contributed by atoms with Gasteiger partial charge in [-0.3, -0.25) is 9.10 Å². The monoisotopic (exact) mass is 432 g/mol. The van der Waals surface area contributed by atoms with Crippen molar-refractivity contribution in [1.29, 1.82) is 0 Å². The third kappa shape index (κ3) is 4.58. The topological polar surface area (TPSA) is 66.5 Å². The highest BCUT2D eigenvalue weighted by Crippen LogP contribution is 2.26. The Balaban J connectivity index is 1.96. The van der Waals surface area contributed by atoms with Crippen LogP contribution in [0.25, 0.3) is 0 Å². The molecule has 0 saturated carbocycles. The number of nitrogens with one attached hydrogen (secondary N) is 1. The van der Waals surface area contributed by atoms with Gasteiger partial charge >= 0.3 is 0 Å². The summed E-state index contributed by atoms with van der Waals surface area (Å²) >= 11 is 5.90. The number of nitrogens with zero attached hydrogens (tertiary/aromatic N) is 1. The number of anilines is 2. The number of hydrogen-bond donors (Lipinski definition) is 1. The van der Waals surface area contributed by atoms with E-state index < -0.39 is 26.6 Å². The highest BCUT2D eigenvalue weighted by atomic mass is 35.5. The first-order valence-corrected chi connectivity index (χ1v) is 10.6. The number of halogens is 2. The molecule has 0 aromatic heterocycles. The van der Waals surface area contributed by atoms with Crippen LogP contribution in [0.15, 0.2) is 77.7 Å². The number of benzene rings is 3. The molecule has 1 N–H and O–H groups in total. The average Bonchev–Trinajstić information content (AvgIpc) is 2.69. The Labute approximate surface area is 173 Å². The molecule has 0 saturated heterocycles. The van der Waals surface area contributed by atoms with Gasteiger partial charge in [0.15, 0.2) is 0 Å². The summed E-state index contributed by atoms with van der Waals surface area (Å²) in [6.07, 6.45) is 0. The Morgan fingerprint density at radius 1 is 1.03 bits per heavy atom. The summed E-state index contributed by atoms with van der Waals surface area (Å²) in [6.45, 7) is 1.75. The normalized spacial score (nSPS) is 11.1. The number of rotatable bonds is 6. The van der Waals surface area contributed by atoms with Crippen molar-refractivity contribution in [1.82, 2.24) is 0 Å². The van der Waals surface area contributed by atoms with Crippen LogP contribution in [-0.4, -0.2) is 20.9 Å². The molecule has 0 aliphatic rings. The molecule has 3 rings (SSSR count). The lowest BCUT2D eigenvalue weighted by Gasteiger charge is -2.23. The lowest BCUT2D eigenvalue weighted by atomic mass is 10.2. The second-order valence-corrected chi connectivity index (χ2v) is 8.38. The van der Waals surface area contributed by atoms with E-state index in [1.807, 2.05) is 0 Å². The lowest BCUT2D eigenvalue weighted by molar-refractivity contribution is 0.102. The molecule has 0 unspecified atom stereocenters. The molecule has 5 nitrogen and oxygen atoms in total. The number of carbonyl (C=O) groups is 1. The summed E-state index contributed by atoms with van der Waals surface area (Å²) in [7, 11) is -4.21. The molecular formula is C21H18ClFN2O3S. The van der Waals surface area contributed by atoms with Crippen LogP contribution in [-0.2, 0) is 10.0 Å². The zero-order valence-corrected chi connectivity index (χ0v) is 17.0. The standard InChI is InChI=1S/C21H18ClFN2O3S/c1-2-25(18-9-4-3-5-10-18)29(27,28)20-13-15(11-12-19(20)23)21(26)24-17-8-6-7-16(22)14-17/h3-14H,2H2,1H3,(H,24,26). The fraction of sp³-hybridized carbons (Fsp3) is 0.0952. The number of carbonyl (C=O) groups excluding carboxylic acids is 1. The van der Waals surface area contributed by atoms with Gasteiger partial charge < -0.3 is 5.32 Å². The van der Waals surface area contributed by atoms with Crippen LogP contribution in [0, 0.1) is 5.82 Å². The van der Waals surface area contributed by atoms with Crippen LogP contribution in [0.2, 0.25) is 5.02 Å². The van der Waals surface area contributed by atoms with Crippen LogP contribution in [0.4, 0.5) is 15.8 Å². The second-order valence-electron chi connectivity index (χ2n) is 6.12. The number of amides is 1. The van der Waals surface area contributed by atoms with E-state index in [0.29, 0.717) is 16.4 Å². The third-order valence-corrected chi connectivity index (χ3v) is 6.33. The first-order valence-electron chi connectivity index (χ1n) is 8.77. The first-order chi connectivity index (χ1) is 13.8. The van der Waals surface area contributed by atoms with Crippen LogP contribution < -0.4 is 9.62 Å².